The molecule has 1 aromatic carbocycles. The van der Waals surface area contributed by atoms with Crippen LogP contribution in [0.2, 0.25) is 0 Å². The standard InChI is InChI=1S/C12H16N4O/c1-3-13-8-10-9-14-16(15-10)11-4-6-12(17-2)7-5-11/h4-7,9,13H,3,8H2,1-2H3. The number of rotatable bonds is 5. The molecule has 5 nitrogen and oxygen atoms in total. The molecule has 0 atom stereocenters. The number of ether oxygens (including phenoxy) is 1. The maximum Gasteiger partial charge on any atom is 0.119 e. The minimum absolute atomic E-state index is 0.743. The minimum atomic E-state index is 0.743. The van der Waals surface area contributed by atoms with Gasteiger partial charge in [0.1, 0.15) is 5.75 Å². The van der Waals surface area contributed by atoms with Gasteiger partial charge in [0.25, 0.3) is 0 Å². The van der Waals surface area contributed by atoms with E-state index in [4.69, 9.17) is 4.74 Å². The fourth-order valence-electron chi connectivity index (χ4n) is 1.47. The summed E-state index contributed by atoms with van der Waals surface area (Å²) >= 11 is 0. The fourth-order valence-corrected chi connectivity index (χ4v) is 1.47. The van der Waals surface area contributed by atoms with Gasteiger partial charge in [-0.15, -0.1) is 0 Å². The summed E-state index contributed by atoms with van der Waals surface area (Å²) < 4.78 is 5.10. The van der Waals surface area contributed by atoms with Crippen molar-refractivity contribution in [3.05, 3.63) is 36.2 Å². The van der Waals surface area contributed by atoms with Crippen LogP contribution >= 0.6 is 0 Å². The molecular formula is C12H16N4O. The van der Waals surface area contributed by atoms with E-state index in [1.807, 2.05) is 24.3 Å². The summed E-state index contributed by atoms with van der Waals surface area (Å²) in [7, 11) is 1.65. The summed E-state index contributed by atoms with van der Waals surface area (Å²) in [6, 6.07) is 7.64. The Morgan fingerprint density at radius 2 is 2.06 bits per heavy atom. The molecule has 0 amide bonds. The number of benzene rings is 1. The molecule has 0 fully saturated rings. The average molecular weight is 232 g/mol. The maximum atomic E-state index is 5.10. The number of hydrogen-bond acceptors (Lipinski definition) is 4. The predicted octanol–water partition coefficient (Wildman–Crippen LogP) is 1.39. The Balaban J connectivity index is 2.12. The van der Waals surface area contributed by atoms with Gasteiger partial charge >= 0.3 is 0 Å². The minimum Gasteiger partial charge on any atom is -0.497 e. The van der Waals surface area contributed by atoms with Crippen LogP contribution in [0.5, 0.6) is 5.75 Å². The van der Waals surface area contributed by atoms with Crippen molar-refractivity contribution in [1.29, 1.82) is 0 Å². The van der Waals surface area contributed by atoms with Crippen LogP contribution in [0.25, 0.3) is 5.69 Å². The first-order chi connectivity index (χ1) is 8.33. The zero-order valence-corrected chi connectivity index (χ0v) is 10.1. The second kappa shape index (κ2) is 5.45. The Hall–Kier alpha value is -1.88. The van der Waals surface area contributed by atoms with E-state index in [2.05, 4.69) is 22.4 Å². The fraction of sp³-hybridized carbons (Fsp3) is 0.333. The molecular weight excluding hydrogens is 216 g/mol. The average Bonchev–Trinajstić information content (AvgIpc) is 2.85. The van der Waals surface area contributed by atoms with E-state index in [0.717, 1.165) is 30.2 Å². The summed E-state index contributed by atoms with van der Waals surface area (Å²) in [5.41, 5.74) is 1.86. The van der Waals surface area contributed by atoms with Gasteiger partial charge in [-0.2, -0.15) is 15.0 Å². The van der Waals surface area contributed by atoms with Crippen molar-refractivity contribution in [2.45, 2.75) is 13.5 Å². The molecule has 0 saturated heterocycles. The lowest BCUT2D eigenvalue weighted by molar-refractivity contribution is 0.414. The molecule has 2 aromatic rings. The van der Waals surface area contributed by atoms with Gasteiger partial charge in [-0.25, -0.2) is 0 Å². The third-order valence-electron chi connectivity index (χ3n) is 2.40. The van der Waals surface area contributed by atoms with Crippen LogP contribution in [0.4, 0.5) is 0 Å². The van der Waals surface area contributed by atoms with Crippen molar-refractivity contribution in [3.8, 4) is 11.4 Å². The number of nitrogens with zero attached hydrogens (tertiary/aromatic N) is 3. The molecule has 0 radical (unpaired) electrons. The van der Waals surface area contributed by atoms with Crippen molar-refractivity contribution in [1.82, 2.24) is 20.3 Å². The Labute approximate surface area is 100 Å². The van der Waals surface area contributed by atoms with Crippen LogP contribution < -0.4 is 10.1 Å². The normalized spacial score (nSPS) is 10.5. The Bertz CT molecular complexity index is 464. The van der Waals surface area contributed by atoms with Crippen LogP contribution in [0.15, 0.2) is 30.5 Å². The van der Waals surface area contributed by atoms with Crippen molar-refractivity contribution >= 4 is 0 Å². The highest BCUT2D eigenvalue weighted by molar-refractivity contribution is 5.35. The van der Waals surface area contributed by atoms with Crippen LogP contribution in [-0.4, -0.2) is 28.6 Å². The van der Waals surface area contributed by atoms with Crippen LogP contribution in [0, 0.1) is 0 Å². The molecule has 17 heavy (non-hydrogen) atoms. The number of hydrogen-bond donors (Lipinski definition) is 1. The van der Waals surface area contributed by atoms with Crippen LogP contribution in [-0.2, 0) is 6.54 Å². The van der Waals surface area contributed by atoms with Crippen LogP contribution in [0.3, 0.4) is 0 Å². The lowest BCUT2D eigenvalue weighted by atomic mass is 10.3. The zero-order chi connectivity index (χ0) is 12.1. The van der Waals surface area contributed by atoms with E-state index in [1.165, 1.54) is 0 Å². The Morgan fingerprint density at radius 1 is 1.29 bits per heavy atom. The van der Waals surface area contributed by atoms with Crippen molar-refractivity contribution in [2.24, 2.45) is 0 Å². The summed E-state index contributed by atoms with van der Waals surface area (Å²) in [5.74, 6) is 0.828. The van der Waals surface area contributed by atoms with Gasteiger partial charge in [-0.1, -0.05) is 6.92 Å². The first kappa shape index (κ1) is 11.6. The molecule has 90 valence electrons. The second-order valence-corrected chi connectivity index (χ2v) is 3.60. The van der Waals surface area contributed by atoms with E-state index < -0.39 is 0 Å². The van der Waals surface area contributed by atoms with E-state index in [1.54, 1.807) is 18.1 Å². The van der Waals surface area contributed by atoms with Gasteiger partial charge in [0, 0.05) is 6.54 Å². The lowest BCUT2D eigenvalue weighted by Crippen LogP contribution is -2.12. The summed E-state index contributed by atoms with van der Waals surface area (Å²) in [6.45, 7) is 3.73. The molecule has 1 heterocycles. The highest BCUT2D eigenvalue weighted by atomic mass is 16.5. The lowest BCUT2D eigenvalue weighted by Gasteiger charge is -2.02. The molecule has 2 rings (SSSR count). The molecule has 0 aliphatic rings. The third kappa shape index (κ3) is 2.82. The number of methoxy groups -OCH3 is 1. The topological polar surface area (TPSA) is 52.0 Å². The van der Waals surface area contributed by atoms with Gasteiger partial charge in [-0.05, 0) is 30.8 Å². The zero-order valence-electron chi connectivity index (χ0n) is 10.1. The number of aromatic nitrogens is 3. The Morgan fingerprint density at radius 3 is 2.71 bits per heavy atom. The summed E-state index contributed by atoms with van der Waals surface area (Å²) in [6.07, 6.45) is 1.77. The summed E-state index contributed by atoms with van der Waals surface area (Å²) in [4.78, 5) is 1.62. The smallest absolute Gasteiger partial charge is 0.119 e. The van der Waals surface area contributed by atoms with E-state index in [0.29, 0.717) is 0 Å². The van der Waals surface area contributed by atoms with Gasteiger partial charge < -0.3 is 10.1 Å². The van der Waals surface area contributed by atoms with Gasteiger partial charge in [0.05, 0.1) is 24.7 Å². The Kier molecular flexibility index (Phi) is 3.72. The first-order valence-electron chi connectivity index (χ1n) is 5.60. The SMILES string of the molecule is CCNCc1cnn(-c2ccc(OC)cc2)n1. The molecule has 0 unspecified atom stereocenters. The highest BCUT2D eigenvalue weighted by Crippen LogP contribution is 2.13. The molecule has 5 heteroatoms. The molecule has 0 saturated carbocycles. The van der Waals surface area contributed by atoms with Crippen molar-refractivity contribution in [3.63, 3.8) is 0 Å². The predicted molar refractivity (Wildman–Crippen MR) is 65.3 cm³/mol. The maximum absolute atomic E-state index is 5.10. The molecule has 0 aliphatic heterocycles. The van der Waals surface area contributed by atoms with Crippen LogP contribution in [0.1, 0.15) is 12.6 Å². The van der Waals surface area contributed by atoms with Gasteiger partial charge in [0.2, 0.25) is 0 Å². The van der Waals surface area contributed by atoms with Gasteiger partial charge in [0.15, 0.2) is 0 Å². The van der Waals surface area contributed by atoms with Crippen molar-refractivity contribution < 1.29 is 4.74 Å². The molecule has 0 spiro atoms. The molecule has 0 aliphatic carbocycles. The monoisotopic (exact) mass is 232 g/mol. The molecule has 0 bridgehead atoms. The third-order valence-corrected chi connectivity index (χ3v) is 2.40. The quantitative estimate of drug-likeness (QED) is 0.846. The molecule has 1 N–H and O–H groups in total. The molecule has 1 aromatic heterocycles. The largest absolute Gasteiger partial charge is 0.497 e. The van der Waals surface area contributed by atoms with Gasteiger partial charge in [-0.3, -0.25) is 0 Å². The summed E-state index contributed by atoms with van der Waals surface area (Å²) in [5, 5.41) is 11.8. The van der Waals surface area contributed by atoms with E-state index in [9.17, 15) is 0 Å². The second-order valence-electron chi connectivity index (χ2n) is 3.60. The highest BCUT2D eigenvalue weighted by Gasteiger charge is 2.02. The van der Waals surface area contributed by atoms with E-state index in [-0.39, 0.29) is 0 Å². The van der Waals surface area contributed by atoms with E-state index >= 15 is 0 Å². The van der Waals surface area contributed by atoms with Crippen molar-refractivity contribution in [2.75, 3.05) is 13.7 Å². The number of nitrogens with one attached hydrogen (secondary N) is 1. The first-order valence-corrected chi connectivity index (χ1v) is 5.60.